The largest absolute Gasteiger partial charge is 0.383 e. The van der Waals surface area contributed by atoms with E-state index in [4.69, 9.17) is 27.9 Å². The molecule has 2 aromatic rings. The summed E-state index contributed by atoms with van der Waals surface area (Å²) in [6, 6.07) is 5.07. The second kappa shape index (κ2) is 6.72. The molecule has 0 aliphatic carbocycles. The fourth-order valence-electron chi connectivity index (χ4n) is 1.74. The van der Waals surface area contributed by atoms with Crippen LogP contribution in [0.3, 0.4) is 0 Å². The SMILES string of the molecule is COCCn1ncc(Cl)c1C(=O)c1ccc(Br)cc1Cl. The minimum atomic E-state index is -0.263. The minimum absolute atomic E-state index is 0.263. The van der Waals surface area contributed by atoms with Gasteiger partial charge in [0.1, 0.15) is 5.69 Å². The summed E-state index contributed by atoms with van der Waals surface area (Å²) in [7, 11) is 1.58. The summed E-state index contributed by atoms with van der Waals surface area (Å²) in [6.07, 6.45) is 1.44. The molecule has 0 N–H and O–H groups in total. The Bertz CT molecular complexity index is 643. The number of ketones is 1. The Kier molecular flexibility index (Phi) is 5.21. The van der Waals surface area contributed by atoms with E-state index < -0.39 is 0 Å². The van der Waals surface area contributed by atoms with Crippen LogP contribution in [-0.4, -0.2) is 29.3 Å². The second-order valence-corrected chi connectivity index (χ2v) is 5.74. The Balaban J connectivity index is 2.40. The van der Waals surface area contributed by atoms with Crippen molar-refractivity contribution >= 4 is 44.9 Å². The zero-order valence-corrected chi connectivity index (χ0v) is 13.7. The predicted octanol–water partition coefficient (Wildman–Crippen LogP) is 3.83. The van der Waals surface area contributed by atoms with E-state index in [9.17, 15) is 4.79 Å². The summed E-state index contributed by atoms with van der Waals surface area (Å²) in [4.78, 5) is 12.6. The van der Waals surface area contributed by atoms with Crippen LogP contribution in [0.5, 0.6) is 0 Å². The lowest BCUT2D eigenvalue weighted by molar-refractivity contribution is 0.102. The van der Waals surface area contributed by atoms with Crippen LogP contribution in [0.2, 0.25) is 10.0 Å². The molecule has 0 radical (unpaired) electrons. The number of hydrogen-bond donors (Lipinski definition) is 0. The van der Waals surface area contributed by atoms with Gasteiger partial charge in [-0.3, -0.25) is 9.48 Å². The van der Waals surface area contributed by atoms with Crippen molar-refractivity contribution in [2.75, 3.05) is 13.7 Å². The van der Waals surface area contributed by atoms with Gasteiger partial charge in [0.2, 0.25) is 5.78 Å². The third-order valence-electron chi connectivity index (χ3n) is 2.69. The van der Waals surface area contributed by atoms with Crippen LogP contribution in [0.1, 0.15) is 16.1 Å². The molecule has 0 saturated heterocycles. The molecule has 106 valence electrons. The smallest absolute Gasteiger partial charge is 0.214 e. The molecule has 0 saturated carbocycles. The Morgan fingerprint density at radius 3 is 2.80 bits per heavy atom. The fourth-order valence-corrected chi connectivity index (χ4v) is 2.72. The highest BCUT2D eigenvalue weighted by Gasteiger charge is 2.21. The fraction of sp³-hybridized carbons (Fsp3) is 0.231. The summed E-state index contributed by atoms with van der Waals surface area (Å²) in [5.74, 6) is -0.263. The molecule has 0 spiro atoms. The van der Waals surface area contributed by atoms with Crippen LogP contribution in [0.4, 0.5) is 0 Å². The zero-order valence-electron chi connectivity index (χ0n) is 10.6. The van der Waals surface area contributed by atoms with Gasteiger partial charge >= 0.3 is 0 Å². The van der Waals surface area contributed by atoms with Crippen LogP contribution in [-0.2, 0) is 11.3 Å². The number of halogens is 3. The van der Waals surface area contributed by atoms with Crippen molar-refractivity contribution in [2.45, 2.75) is 6.54 Å². The Hall–Kier alpha value is -0.880. The number of ether oxygens (including phenoxy) is 1. The normalized spacial score (nSPS) is 10.8. The third kappa shape index (κ3) is 3.23. The van der Waals surface area contributed by atoms with Crippen molar-refractivity contribution in [1.82, 2.24) is 9.78 Å². The van der Waals surface area contributed by atoms with Crippen LogP contribution in [0.15, 0.2) is 28.9 Å². The summed E-state index contributed by atoms with van der Waals surface area (Å²) in [5, 5.41) is 4.74. The maximum atomic E-state index is 12.6. The maximum absolute atomic E-state index is 12.6. The van der Waals surface area contributed by atoms with Crippen molar-refractivity contribution in [3.8, 4) is 0 Å². The number of benzene rings is 1. The highest BCUT2D eigenvalue weighted by atomic mass is 79.9. The molecule has 0 unspecified atom stereocenters. The van der Waals surface area contributed by atoms with Gasteiger partial charge in [-0.1, -0.05) is 39.1 Å². The lowest BCUT2D eigenvalue weighted by Crippen LogP contribution is -2.15. The molecule has 1 aromatic heterocycles. The molecule has 20 heavy (non-hydrogen) atoms. The Morgan fingerprint density at radius 2 is 2.15 bits per heavy atom. The van der Waals surface area contributed by atoms with E-state index in [1.165, 1.54) is 10.9 Å². The highest BCUT2D eigenvalue weighted by Crippen LogP contribution is 2.26. The van der Waals surface area contributed by atoms with E-state index in [1.54, 1.807) is 25.3 Å². The standard InChI is InChI=1S/C13H11BrCl2N2O2/c1-20-5-4-18-12(11(16)7-17-18)13(19)9-3-2-8(14)6-10(9)15/h2-3,6-7H,4-5H2,1H3. The number of carbonyl (C=O) groups is 1. The first-order valence-corrected chi connectivity index (χ1v) is 7.29. The first kappa shape index (κ1) is 15.5. The Labute approximate surface area is 134 Å². The van der Waals surface area contributed by atoms with Gasteiger partial charge < -0.3 is 4.74 Å². The first-order valence-electron chi connectivity index (χ1n) is 5.74. The number of hydrogen-bond acceptors (Lipinski definition) is 3. The van der Waals surface area contributed by atoms with E-state index in [-0.39, 0.29) is 5.78 Å². The van der Waals surface area contributed by atoms with Gasteiger partial charge in [0.25, 0.3) is 0 Å². The van der Waals surface area contributed by atoms with Crippen LogP contribution in [0.25, 0.3) is 0 Å². The lowest BCUT2D eigenvalue weighted by Gasteiger charge is -2.08. The van der Waals surface area contributed by atoms with Crippen molar-refractivity contribution in [3.05, 3.63) is 50.2 Å². The lowest BCUT2D eigenvalue weighted by atomic mass is 10.1. The molecule has 0 atom stereocenters. The van der Waals surface area contributed by atoms with Gasteiger partial charge in [0, 0.05) is 17.1 Å². The predicted molar refractivity (Wildman–Crippen MR) is 81.7 cm³/mol. The summed E-state index contributed by atoms with van der Waals surface area (Å²) >= 11 is 15.5. The molecule has 0 aliphatic heterocycles. The molecule has 2 rings (SSSR count). The molecule has 0 amide bonds. The van der Waals surface area contributed by atoms with Gasteiger partial charge in [-0.05, 0) is 18.2 Å². The van der Waals surface area contributed by atoms with E-state index in [0.29, 0.717) is 34.5 Å². The highest BCUT2D eigenvalue weighted by molar-refractivity contribution is 9.10. The monoisotopic (exact) mass is 376 g/mol. The van der Waals surface area contributed by atoms with Crippen molar-refractivity contribution in [2.24, 2.45) is 0 Å². The average Bonchev–Trinajstić information content (AvgIpc) is 2.77. The van der Waals surface area contributed by atoms with Crippen LogP contribution < -0.4 is 0 Å². The van der Waals surface area contributed by atoms with Crippen molar-refractivity contribution < 1.29 is 9.53 Å². The molecular weight excluding hydrogens is 367 g/mol. The van der Waals surface area contributed by atoms with Gasteiger partial charge in [-0.2, -0.15) is 5.10 Å². The van der Waals surface area contributed by atoms with Crippen LogP contribution >= 0.6 is 39.1 Å². The number of aromatic nitrogens is 2. The van der Waals surface area contributed by atoms with E-state index in [1.807, 2.05) is 0 Å². The van der Waals surface area contributed by atoms with Gasteiger partial charge in [-0.15, -0.1) is 0 Å². The van der Waals surface area contributed by atoms with Crippen molar-refractivity contribution in [3.63, 3.8) is 0 Å². The average molecular weight is 378 g/mol. The summed E-state index contributed by atoms with van der Waals surface area (Å²) in [5.41, 5.74) is 0.698. The van der Waals surface area contributed by atoms with Crippen molar-refractivity contribution in [1.29, 1.82) is 0 Å². The quantitative estimate of drug-likeness (QED) is 0.743. The molecule has 1 aromatic carbocycles. The number of rotatable bonds is 5. The van der Waals surface area contributed by atoms with E-state index in [2.05, 4.69) is 21.0 Å². The van der Waals surface area contributed by atoms with Crippen LogP contribution in [0, 0.1) is 0 Å². The molecule has 1 heterocycles. The third-order valence-corrected chi connectivity index (χ3v) is 3.78. The molecule has 4 nitrogen and oxygen atoms in total. The maximum Gasteiger partial charge on any atom is 0.214 e. The molecule has 0 bridgehead atoms. The molecule has 0 aliphatic rings. The minimum Gasteiger partial charge on any atom is -0.383 e. The number of methoxy groups -OCH3 is 1. The van der Waals surface area contributed by atoms with E-state index >= 15 is 0 Å². The van der Waals surface area contributed by atoms with Gasteiger partial charge in [0.05, 0.1) is 29.4 Å². The molecule has 7 heteroatoms. The van der Waals surface area contributed by atoms with Gasteiger partial charge in [0.15, 0.2) is 0 Å². The van der Waals surface area contributed by atoms with Gasteiger partial charge in [-0.25, -0.2) is 0 Å². The Morgan fingerprint density at radius 1 is 1.40 bits per heavy atom. The molecular formula is C13H11BrCl2N2O2. The second-order valence-electron chi connectivity index (χ2n) is 4.01. The number of nitrogens with zero attached hydrogens (tertiary/aromatic N) is 2. The topological polar surface area (TPSA) is 44.1 Å². The summed E-state index contributed by atoms with van der Waals surface area (Å²) < 4.78 is 7.31. The summed E-state index contributed by atoms with van der Waals surface area (Å²) in [6.45, 7) is 0.880. The zero-order chi connectivity index (χ0) is 14.7. The first-order chi connectivity index (χ1) is 9.54. The molecule has 0 fully saturated rings. The number of carbonyl (C=O) groups excluding carboxylic acids is 1. The van der Waals surface area contributed by atoms with E-state index in [0.717, 1.165) is 4.47 Å².